The molecule has 6 heteroatoms. The lowest BCUT2D eigenvalue weighted by Gasteiger charge is -2.22. The first-order chi connectivity index (χ1) is 12.8. The number of hydrogen-bond acceptors (Lipinski definition) is 3. The molecule has 0 aromatic heterocycles. The van der Waals surface area contributed by atoms with Crippen LogP contribution in [0.5, 0.6) is 5.75 Å². The van der Waals surface area contributed by atoms with Crippen molar-refractivity contribution in [3.63, 3.8) is 0 Å². The van der Waals surface area contributed by atoms with E-state index in [1.165, 1.54) is 22.6 Å². The summed E-state index contributed by atoms with van der Waals surface area (Å²) in [6.07, 6.45) is -0.0630. The molecule has 0 heterocycles. The zero-order chi connectivity index (χ0) is 20.1. The Bertz CT molecular complexity index is 824. The minimum atomic E-state index is -2.65. The number of carbonyl (C=O) groups is 1. The maximum atomic E-state index is 13.6. The van der Waals surface area contributed by atoms with Gasteiger partial charge in [0.05, 0.1) is 5.69 Å². The number of aryl methyl sites for hydroxylation is 3. The monoisotopic (exact) mass is 393 g/mol. The van der Waals surface area contributed by atoms with E-state index in [1.807, 2.05) is 19.9 Å². The second kappa shape index (κ2) is 9.22. The van der Waals surface area contributed by atoms with Crippen molar-refractivity contribution in [2.24, 2.45) is 0 Å². The van der Waals surface area contributed by atoms with Crippen molar-refractivity contribution in [2.75, 3.05) is 18.2 Å². The fourth-order valence-corrected chi connectivity index (χ4v) is 3.41. The quantitative estimate of drug-likeness (QED) is 0.577. The van der Waals surface area contributed by atoms with Gasteiger partial charge < -0.3 is 9.64 Å². The number of nitrogens with zero attached hydrogens (tertiary/aromatic N) is 1. The number of amides is 1. The second-order valence-electron chi connectivity index (χ2n) is 6.36. The van der Waals surface area contributed by atoms with Crippen LogP contribution in [0.3, 0.4) is 0 Å². The van der Waals surface area contributed by atoms with Crippen LogP contribution in [-0.4, -0.2) is 18.5 Å². The third-order valence-corrected chi connectivity index (χ3v) is 5.24. The van der Waals surface area contributed by atoms with Crippen LogP contribution in [-0.2, 0) is 13.0 Å². The van der Waals surface area contributed by atoms with Gasteiger partial charge in [-0.25, -0.2) is 8.78 Å². The Balaban J connectivity index is 2.40. The van der Waals surface area contributed by atoms with E-state index in [4.69, 9.17) is 4.74 Å². The predicted molar refractivity (Wildman–Crippen MR) is 108 cm³/mol. The molecule has 27 heavy (non-hydrogen) atoms. The summed E-state index contributed by atoms with van der Waals surface area (Å²) in [5, 5.41) is -0.220. The van der Waals surface area contributed by atoms with Crippen LogP contribution in [0.15, 0.2) is 30.3 Å². The molecule has 0 N–H and O–H groups in total. The van der Waals surface area contributed by atoms with E-state index in [0.29, 0.717) is 17.0 Å². The number of rotatable bonds is 6. The Morgan fingerprint density at radius 3 is 2.52 bits per heavy atom. The van der Waals surface area contributed by atoms with Gasteiger partial charge in [0.1, 0.15) is 12.4 Å². The van der Waals surface area contributed by atoms with Gasteiger partial charge in [-0.1, -0.05) is 36.9 Å². The zero-order valence-electron chi connectivity index (χ0n) is 16.3. The van der Waals surface area contributed by atoms with Crippen molar-refractivity contribution in [3.05, 3.63) is 58.1 Å². The fourth-order valence-electron chi connectivity index (χ4n) is 3.04. The van der Waals surface area contributed by atoms with Crippen molar-refractivity contribution in [2.45, 2.75) is 40.2 Å². The number of halogens is 2. The molecular weight excluding hydrogens is 368 g/mol. The molecule has 1 amide bonds. The summed E-state index contributed by atoms with van der Waals surface area (Å²) < 4.78 is 33.0. The van der Waals surface area contributed by atoms with E-state index in [9.17, 15) is 13.6 Å². The molecule has 0 aliphatic carbocycles. The van der Waals surface area contributed by atoms with E-state index in [-0.39, 0.29) is 17.4 Å². The molecular formula is C21H25F2NO2S. The molecule has 0 saturated heterocycles. The van der Waals surface area contributed by atoms with Gasteiger partial charge >= 0.3 is 0 Å². The molecule has 0 aliphatic rings. The largest absolute Gasteiger partial charge is 0.489 e. The first-order valence-corrected chi connectivity index (χ1v) is 9.97. The zero-order valence-corrected chi connectivity index (χ0v) is 17.1. The van der Waals surface area contributed by atoms with Crippen molar-refractivity contribution in [3.8, 4) is 5.75 Å². The van der Waals surface area contributed by atoms with Gasteiger partial charge in [-0.15, -0.1) is 0 Å². The Morgan fingerprint density at radius 2 is 1.93 bits per heavy atom. The lowest BCUT2D eigenvalue weighted by atomic mass is 10.0. The van der Waals surface area contributed by atoms with Crippen LogP contribution in [0.25, 0.3) is 0 Å². The van der Waals surface area contributed by atoms with Crippen LogP contribution in [0, 0.1) is 13.8 Å². The molecule has 2 rings (SSSR count). The van der Waals surface area contributed by atoms with E-state index < -0.39 is 6.43 Å². The Labute approximate surface area is 163 Å². The standard InChI is InChI=1S/C21H25F2NO2S/c1-6-15-10-14(3)19(11-13(15)2)26-12-17-16(20(22)23)8-7-9-18(17)24(4)21(25)27-5/h7-11,20H,6,12H2,1-5H3. The van der Waals surface area contributed by atoms with Crippen molar-refractivity contribution in [1.82, 2.24) is 0 Å². The highest BCUT2D eigenvalue weighted by atomic mass is 32.2. The predicted octanol–water partition coefficient (Wildman–Crippen LogP) is 6.30. The maximum absolute atomic E-state index is 13.6. The fraction of sp³-hybridized carbons (Fsp3) is 0.381. The normalized spacial score (nSPS) is 11.0. The highest BCUT2D eigenvalue weighted by Crippen LogP contribution is 2.33. The van der Waals surface area contributed by atoms with Crippen LogP contribution in [0.1, 0.15) is 41.2 Å². The van der Waals surface area contributed by atoms with E-state index in [1.54, 1.807) is 19.4 Å². The van der Waals surface area contributed by atoms with Gasteiger partial charge in [-0.3, -0.25) is 4.79 Å². The number of anilines is 1. The molecule has 0 saturated carbocycles. The number of thioether (sulfide) groups is 1. The maximum Gasteiger partial charge on any atom is 0.285 e. The van der Waals surface area contributed by atoms with Gasteiger partial charge in [-0.05, 0) is 55.3 Å². The van der Waals surface area contributed by atoms with Gasteiger partial charge in [0.15, 0.2) is 0 Å². The highest BCUT2D eigenvalue weighted by Gasteiger charge is 2.21. The number of alkyl halides is 2. The Hall–Kier alpha value is -2.08. The van der Waals surface area contributed by atoms with Gasteiger partial charge in [-0.2, -0.15) is 0 Å². The Kier molecular flexibility index (Phi) is 7.25. The first-order valence-electron chi connectivity index (χ1n) is 8.74. The lowest BCUT2D eigenvalue weighted by Crippen LogP contribution is -2.23. The third-order valence-electron chi connectivity index (χ3n) is 4.62. The summed E-state index contributed by atoms with van der Waals surface area (Å²) in [7, 11) is 1.58. The molecule has 0 fully saturated rings. The average molecular weight is 393 g/mol. The summed E-state index contributed by atoms with van der Waals surface area (Å²) in [5.74, 6) is 0.665. The molecule has 146 valence electrons. The SMILES string of the molecule is CCc1cc(C)c(OCc2c(C(F)F)cccc2N(C)C(=O)SC)cc1C. The van der Waals surface area contributed by atoms with Crippen LogP contribution >= 0.6 is 11.8 Å². The molecule has 0 atom stereocenters. The van der Waals surface area contributed by atoms with Gasteiger partial charge in [0, 0.05) is 18.2 Å². The van der Waals surface area contributed by atoms with E-state index in [2.05, 4.69) is 13.0 Å². The number of benzene rings is 2. The van der Waals surface area contributed by atoms with Crippen LogP contribution in [0.4, 0.5) is 19.3 Å². The highest BCUT2D eigenvalue weighted by molar-refractivity contribution is 8.13. The van der Waals surface area contributed by atoms with Gasteiger partial charge in [0.2, 0.25) is 0 Å². The Morgan fingerprint density at radius 1 is 1.22 bits per heavy atom. The molecule has 0 spiro atoms. The minimum Gasteiger partial charge on any atom is -0.489 e. The molecule has 2 aromatic carbocycles. The topological polar surface area (TPSA) is 29.5 Å². The third kappa shape index (κ3) is 4.80. The second-order valence-corrected chi connectivity index (χ2v) is 7.12. The summed E-state index contributed by atoms with van der Waals surface area (Å²) in [4.78, 5) is 13.4. The molecule has 2 aromatic rings. The van der Waals surface area contributed by atoms with Crippen molar-refractivity contribution >= 4 is 22.7 Å². The van der Waals surface area contributed by atoms with E-state index in [0.717, 1.165) is 29.3 Å². The van der Waals surface area contributed by atoms with Crippen LogP contribution in [0.2, 0.25) is 0 Å². The van der Waals surface area contributed by atoms with Crippen LogP contribution < -0.4 is 9.64 Å². The summed E-state index contributed by atoms with van der Waals surface area (Å²) >= 11 is 1.03. The molecule has 0 radical (unpaired) electrons. The summed E-state index contributed by atoms with van der Waals surface area (Å²) in [5.41, 5.74) is 3.95. The minimum absolute atomic E-state index is 0.0341. The molecule has 0 bridgehead atoms. The smallest absolute Gasteiger partial charge is 0.285 e. The average Bonchev–Trinajstić information content (AvgIpc) is 2.66. The lowest BCUT2D eigenvalue weighted by molar-refractivity contribution is 0.148. The van der Waals surface area contributed by atoms with Crippen molar-refractivity contribution < 1.29 is 18.3 Å². The first kappa shape index (κ1) is 21.2. The van der Waals surface area contributed by atoms with E-state index >= 15 is 0 Å². The summed E-state index contributed by atoms with van der Waals surface area (Å²) in [6, 6.07) is 8.58. The molecule has 0 aliphatic heterocycles. The number of carbonyl (C=O) groups excluding carboxylic acids is 1. The molecule has 3 nitrogen and oxygen atoms in total. The molecule has 0 unspecified atom stereocenters. The summed E-state index contributed by atoms with van der Waals surface area (Å²) in [6.45, 7) is 6.01. The number of hydrogen-bond donors (Lipinski definition) is 0. The number of ether oxygens (including phenoxy) is 1. The van der Waals surface area contributed by atoms with Gasteiger partial charge in [0.25, 0.3) is 11.7 Å². The van der Waals surface area contributed by atoms with Crippen molar-refractivity contribution in [1.29, 1.82) is 0 Å².